The zero-order valence-corrected chi connectivity index (χ0v) is 14.6. The van der Waals surface area contributed by atoms with Crippen LogP contribution in [-0.4, -0.2) is 41.6 Å². The molecule has 25 heavy (non-hydrogen) atoms. The van der Waals surface area contributed by atoms with Crippen LogP contribution in [0.4, 0.5) is 5.69 Å². The summed E-state index contributed by atoms with van der Waals surface area (Å²) in [5, 5.41) is 2.59. The number of amides is 1. The minimum Gasteiger partial charge on any atom is -0.368 e. The second-order valence-electron chi connectivity index (χ2n) is 6.15. The van der Waals surface area contributed by atoms with Gasteiger partial charge in [-0.3, -0.25) is 9.59 Å². The Morgan fingerprint density at radius 2 is 1.76 bits per heavy atom. The molecule has 0 aliphatic carbocycles. The molecular weight excluding hydrogens is 334 g/mol. The van der Waals surface area contributed by atoms with Gasteiger partial charge in [0.1, 0.15) is 6.54 Å². The van der Waals surface area contributed by atoms with Crippen LogP contribution < -0.4 is 10.5 Å². The summed E-state index contributed by atoms with van der Waals surface area (Å²) in [7, 11) is 0. The highest BCUT2D eigenvalue weighted by Gasteiger charge is 2.21. The molecule has 0 saturated carbocycles. The van der Waals surface area contributed by atoms with Crippen LogP contribution in [0, 0.1) is 0 Å². The fraction of sp³-hybridized carbons (Fsp3) is 0.263. The number of aromatic nitrogens is 1. The van der Waals surface area contributed by atoms with E-state index in [4.69, 9.17) is 0 Å². The molecule has 5 nitrogen and oxygen atoms in total. The van der Waals surface area contributed by atoms with Crippen molar-refractivity contribution in [3.8, 4) is 0 Å². The number of hydrogen-bond donors (Lipinski definition) is 0. The molecule has 2 aromatic heterocycles. The number of nitrogens with zero attached hydrogens (tertiary/aromatic N) is 3. The predicted octanol–water partition coefficient (Wildman–Crippen LogP) is 2.41. The number of para-hydroxylation sites is 1. The summed E-state index contributed by atoms with van der Waals surface area (Å²) in [6, 6.07) is 14.0. The van der Waals surface area contributed by atoms with Gasteiger partial charge in [-0.1, -0.05) is 18.2 Å². The number of thiophene rings is 1. The maximum absolute atomic E-state index is 12.6. The normalized spacial score (nSPS) is 14.9. The van der Waals surface area contributed by atoms with Crippen molar-refractivity contribution in [1.82, 2.24) is 9.47 Å². The van der Waals surface area contributed by atoms with Crippen LogP contribution in [0.2, 0.25) is 0 Å². The molecule has 1 aliphatic rings. The first kappa shape index (κ1) is 15.9. The van der Waals surface area contributed by atoms with Gasteiger partial charge in [0, 0.05) is 42.8 Å². The molecule has 1 fully saturated rings. The van der Waals surface area contributed by atoms with Crippen molar-refractivity contribution >= 4 is 33.0 Å². The molecule has 0 radical (unpaired) electrons. The Balaban J connectivity index is 1.42. The molecule has 3 aromatic rings. The molecule has 0 unspecified atom stereocenters. The van der Waals surface area contributed by atoms with Gasteiger partial charge in [0.05, 0.1) is 5.39 Å². The first-order chi connectivity index (χ1) is 12.2. The number of fused-ring (bicyclic) bond motifs is 1. The maximum Gasteiger partial charge on any atom is 0.259 e. The molecule has 128 valence electrons. The second kappa shape index (κ2) is 6.72. The van der Waals surface area contributed by atoms with Crippen LogP contribution in [0.1, 0.15) is 0 Å². The maximum atomic E-state index is 12.6. The number of rotatable bonds is 3. The van der Waals surface area contributed by atoms with Crippen molar-refractivity contribution in [2.45, 2.75) is 6.54 Å². The molecule has 1 aromatic carbocycles. The van der Waals surface area contributed by atoms with Gasteiger partial charge in [-0.25, -0.2) is 0 Å². The van der Waals surface area contributed by atoms with Crippen LogP contribution in [0.3, 0.4) is 0 Å². The quantitative estimate of drug-likeness (QED) is 0.726. The van der Waals surface area contributed by atoms with E-state index in [2.05, 4.69) is 17.0 Å². The van der Waals surface area contributed by atoms with E-state index < -0.39 is 0 Å². The fourth-order valence-corrected chi connectivity index (χ4v) is 4.00. The lowest BCUT2D eigenvalue weighted by Crippen LogP contribution is -2.50. The van der Waals surface area contributed by atoms with Gasteiger partial charge in [-0.15, -0.1) is 11.3 Å². The van der Waals surface area contributed by atoms with Crippen molar-refractivity contribution in [1.29, 1.82) is 0 Å². The molecule has 1 aliphatic heterocycles. The van der Waals surface area contributed by atoms with Crippen LogP contribution in [0.25, 0.3) is 10.1 Å². The highest BCUT2D eigenvalue weighted by atomic mass is 32.1. The Kier molecular flexibility index (Phi) is 4.28. The van der Waals surface area contributed by atoms with E-state index in [1.807, 2.05) is 40.6 Å². The average molecular weight is 353 g/mol. The Hall–Kier alpha value is -2.60. The topological polar surface area (TPSA) is 45.6 Å². The van der Waals surface area contributed by atoms with E-state index in [0.29, 0.717) is 18.5 Å². The predicted molar refractivity (Wildman–Crippen MR) is 101 cm³/mol. The third-order valence-corrected chi connectivity index (χ3v) is 5.53. The zero-order valence-electron chi connectivity index (χ0n) is 13.8. The van der Waals surface area contributed by atoms with Gasteiger partial charge in [-0.2, -0.15) is 0 Å². The summed E-state index contributed by atoms with van der Waals surface area (Å²) in [6.45, 7) is 3.10. The fourth-order valence-electron chi connectivity index (χ4n) is 3.23. The Morgan fingerprint density at radius 1 is 1.00 bits per heavy atom. The van der Waals surface area contributed by atoms with Gasteiger partial charge in [0.2, 0.25) is 5.91 Å². The van der Waals surface area contributed by atoms with E-state index in [-0.39, 0.29) is 18.0 Å². The minimum absolute atomic E-state index is 0.00407. The first-order valence-corrected chi connectivity index (χ1v) is 9.25. The molecule has 6 heteroatoms. The summed E-state index contributed by atoms with van der Waals surface area (Å²) in [6.07, 6.45) is 1.72. The van der Waals surface area contributed by atoms with E-state index >= 15 is 0 Å². The van der Waals surface area contributed by atoms with Crippen molar-refractivity contribution in [3.05, 3.63) is 64.4 Å². The second-order valence-corrected chi connectivity index (χ2v) is 7.10. The number of anilines is 1. The van der Waals surface area contributed by atoms with Gasteiger partial charge in [-0.05, 0) is 29.6 Å². The summed E-state index contributed by atoms with van der Waals surface area (Å²) >= 11 is 1.54. The highest BCUT2D eigenvalue weighted by Crippen LogP contribution is 2.17. The molecule has 3 heterocycles. The zero-order chi connectivity index (χ0) is 17.2. The number of hydrogen-bond acceptors (Lipinski definition) is 4. The molecule has 1 saturated heterocycles. The minimum atomic E-state index is -0.0879. The largest absolute Gasteiger partial charge is 0.368 e. The van der Waals surface area contributed by atoms with E-state index in [0.717, 1.165) is 17.8 Å². The van der Waals surface area contributed by atoms with Gasteiger partial charge >= 0.3 is 0 Å². The molecule has 0 atom stereocenters. The molecule has 0 bridgehead atoms. The Morgan fingerprint density at radius 3 is 2.52 bits per heavy atom. The van der Waals surface area contributed by atoms with Crippen LogP contribution >= 0.6 is 11.3 Å². The molecular formula is C19H19N3O2S. The van der Waals surface area contributed by atoms with Gasteiger partial charge in [0.15, 0.2) is 0 Å². The Bertz CT molecular complexity index is 940. The lowest BCUT2D eigenvalue weighted by molar-refractivity contribution is -0.132. The molecule has 1 amide bonds. The summed E-state index contributed by atoms with van der Waals surface area (Å²) in [5.41, 5.74) is 1.10. The van der Waals surface area contributed by atoms with Crippen LogP contribution in [0.15, 0.2) is 58.8 Å². The van der Waals surface area contributed by atoms with Crippen molar-refractivity contribution < 1.29 is 4.79 Å². The number of piperazine rings is 1. The van der Waals surface area contributed by atoms with Crippen LogP contribution in [-0.2, 0) is 11.3 Å². The third kappa shape index (κ3) is 3.17. The Labute approximate surface area is 149 Å². The van der Waals surface area contributed by atoms with E-state index in [1.54, 1.807) is 17.5 Å². The lowest BCUT2D eigenvalue weighted by atomic mass is 10.2. The van der Waals surface area contributed by atoms with Crippen molar-refractivity contribution in [3.63, 3.8) is 0 Å². The first-order valence-electron chi connectivity index (χ1n) is 8.37. The summed E-state index contributed by atoms with van der Waals surface area (Å²) in [5.74, 6) is 0.00407. The standard InChI is InChI=1S/C19H19N3O2S/c23-18(14-22-8-6-17-16(19(22)24)7-13-25-17)21-11-9-20(10-12-21)15-4-2-1-3-5-15/h1-8,13H,9-12,14H2. The molecule has 0 N–H and O–H groups in total. The SMILES string of the molecule is O=C(Cn1ccc2sccc2c1=O)N1CCN(c2ccccc2)CC1. The molecule has 0 spiro atoms. The van der Waals surface area contributed by atoms with Crippen molar-refractivity contribution in [2.75, 3.05) is 31.1 Å². The third-order valence-electron chi connectivity index (χ3n) is 4.65. The summed E-state index contributed by atoms with van der Waals surface area (Å²) < 4.78 is 2.48. The smallest absolute Gasteiger partial charge is 0.259 e. The van der Waals surface area contributed by atoms with Gasteiger partial charge in [0.25, 0.3) is 5.56 Å². The average Bonchev–Trinajstić information content (AvgIpc) is 3.14. The highest BCUT2D eigenvalue weighted by molar-refractivity contribution is 7.17. The molecule has 4 rings (SSSR count). The number of carbonyl (C=O) groups is 1. The number of carbonyl (C=O) groups excluding carboxylic acids is 1. The van der Waals surface area contributed by atoms with Gasteiger partial charge < -0.3 is 14.4 Å². The van der Waals surface area contributed by atoms with Crippen LogP contribution in [0.5, 0.6) is 0 Å². The van der Waals surface area contributed by atoms with E-state index in [1.165, 1.54) is 10.3 Å². The lowest BCUT2D eigenvalue weighted by Gasteiger charge is -2.36. The van der Waals surface area contributed by atoms with E-state index in [9.17, 15) is 9.59 Å². The summed E-state index contributed by atoms with van der Waals surface area (Å²) in [4.78, 5) is 29.2. The monoisotopic (exact) mass is 353 g/mol. The van der Waals surface area contributed by atoms with Crippen molar-refractivity contribution in [2.24, 2.45) is 0 Å². The number of benzene rings is 1. The number of pyridine rings is 1.